The molecule has 124 valence electrons. The summed E-state index contributed by atoms with van der Waals surface area (Å²) >= 11 is 0. The van der Waals surface area contributed by atoms with Crippen LogP contribution in [-0.4, -0.2) is 43.1 Å². The Bertz CT molecular complexity index is 698. The van der Waals surface area contributed by atoms with Crippen molar-refractivity contribution < 1.29 is 14.3 Å². The van der Waals surface area contributed by atoms with E-state index in [0.717, 1.165) is 18.9 Å². The molecule has 0 atom stereocenters. The second kappa shape index (κ2) is 7.56. The molecule has 1 saturated heterocycles. The van der Waals surface area contributed by atoms with Crippen LogP contribution in [-0.2, 0) is 4.74 Å². The zero-order valence-electron chi connectivity index (χ0n) is 13.1. The Hall–Kier alpha value is -2.93. The summed E-state index contributed by atoms with van der Waals surface area (Å²) in [5.41, 5.74) is 5.61. The average Bonchev–Trinajstić information content (AvgIpc) is 2.67. The molecular formula is C17H18N4O3. The van der Waals surface area contributed by atoms with Crippen LogP contribution in [0, 0.1) is 0 Å². The maximum absolute atomic E-state index is 12.1. The summed E-state index contributed by atoms with van der Waals surface area (Å²) in [5, 5.41) is 0. The van der Waals surface area contributed by atoms with E-state index in [1.54, 1.807) is 36.4 Å². The summed E-state index contributed by atoms with van der Waals surface area (Å²) in [7, 11) is 0. The Morgan fingerprint density at radius 3 is 2.21 bits per heavy atom. The molecule has 1 fully saturated rings. The predicted octanol–water partition coefficient (Wildman–Crippen LogP) is 0.993. The van der Waals surface area contributed by atoms with E-state index < -0.39 is 5.91 Å². The van der Waals surface area contributed by atoms with Gasteiger partial charge in [-0.15, -0.1) is 0 Å². The Balaban J connectivity index is 1.56. The Labute approximate surface area is 139 Å². The molecule has 2 aromatic rings. The topological polar surface area (TPSA) is 83.6 Å². The molecular weight excluding hydrogens is 308 g/mol. The number of benzene rings is 1. The number of hydrazine groups is 1. The highest BCUT2D eigenvalue weighted by Gasteiger charge is 2.14. The van der Waals surface area contributed by atoms with Crippen LogP contribution in [0.4, 0.5) is 5.82 Å². The first-order chi connectivity index (χ1) is 11.7. The molecule has 0 unspecified atom stereocenters. The van der Waals surface area contributed by atoms with Crippen molar-refractivity contribution in [2.75, 3.05) is 31.2 Å². The fraction of sp³-hybridized carbons (Fsp3) is 0.235. The minimum Gasteiger partial charge on any atom is -0.378 e. The van der Waals surface area contributed by atoms with Crippen molar-refractivity contribution in [3.8, 4) is 0 Å². The summed E-state index contributed by atoms with van der Waals surface area (Å²) in [6.45, 7) is 2.92. The quantitative estimate of drug-likeness (QED) is 0.822. The average molecular weight is 326 g/mol. The lowest BCUT2D eigenvalue weighted by molar-refractivity contribution is 0.0846. The monoisotopic (exact) mass is 326 g/mol. The van der Waals surface area contributed by atoms with Crippen molar-refractivity contribution in [1.82, 2.24) is 15.8 Å². The molecule has 0 spiro atoms. The van der Waals surface area contributed by atoms with E-state index in [0.29, 0.717) is 24.3 Å². The second-order valence-corrected chi connectivity index (χ2v) is 5.28. The first kappa shape index (κ1) is 15.9. The summed E-state index contributed by atoms with van der Waals surface area (Å²) in [4.78, 5) is 30.4. The number of hydrogen-bond donors (Lipinski definition) is 2. The first-order valence-corrected chi connectivity index (χ1v) is 7.68. The number of morpholine rings is 1. The van der Waals surface area contributed by atoms with Crippen molar-refractivity contribution >= 4 is 17.6 Å². The van der Waals surface area contributed by atoms with Gasteiger partial charge in [-0.1, -0.05) is 18.2 Å². The second-order valence-electron chi connectivity index (χ2n) is 5.28. The van der Waals surface area contributed by atoms with Gasteiger partial charge >= 0.3 is 0 Å². The molecule has 3 rings (SSSR count). The van der Waals surface area contributed by atoms with Gasteiger partial charge in [0.05, 0.1) is 18.8 Å². The van der Waals surface area contributed by atoms with Crippen molar-refractivity contribution in [3.63, 3.8) is 0 Å². The van der Waals surface area contributed by atoms with Crippen LogP contribution in [0.15, 0.2) is 48.7 Å². The fourth-order valence-corrected chi connectivity index (χ4v) is 2.35. The Morgan fingerprint density at radius 1 is 0.917 bits per heavy atom. The number of nitrogens with one attached hydrogen (secondary N) is 2. The molecule has 2 heterocycles. The van der Waals surface area contributed by atoms with Gasteiger partial charge in [0, 0.05) is 24.8 Å². The lowest BCUT2D eigenvalue weighted by Crippen LogP contribution is -2.41. The third kappa shape index (κ3) is 3.88. The number of anilines is 1. The maximum Gasteiger partial charge on any atom is 0.271 e. The highest BCUT2D eigenvalue weighted by molar-refractivity contribution is 5.98. The van der Waals surface area contributed by atoms with Gasteiger partial charge < -0.3 is 9.64 Å². The molecule has 0 bridgehead atoms. The van der Waals surface area contributed by atoms with Crippen molar-refractivity contribution in [1.29, 1.82) is 0 Å². The van der Waals surface area contributed by atoms with Crippen LogP contribution in [0.1, 0.15) is 20.7 Å². The number of carbonyl (C=O) groups is 2. The largest absolute Gasteiger partial charge is 0.378 e. The van der Waals surface area contributed by atoms with E-state index >= 15 is 0 Å². The summed E-state index contributed by atoms with van der Waals surface area (Å²) in [6.07, 6.45) is 1.49. The molecule has 1 aromatic heterocycles. The SMILES string of the molecule is O=C(NNC(=O)c1ccc(N2CCOCC2)nc1)c1ccccc1. The number of carbonyl (C=O) groups excluding carboxylic acids is 2. The van der Waals surface area contributed by atoms with Crippen LogP contribution in [0.3, 0.4) is 0 Å². The van der Waals surface area contributed by atoms with Gasteiger partial charge in [-0.05, 0) is 24.3 Å². The van der Waals surface area contributed by atoms with Gasteiger partial charge in [0.15, 0.2) is 0 Å². The highest BCUT2D eigenvalue weighted by Crippen LogP contribution is 2.12. The number of amides is 2. The molecule has 7 nitrogen and oxygen atoms in total. The van der Waals surface area contributed by atoms with Crippen LogP contribution in [0.25, 0.3) is 0 Å². The molecule has 0 aliphatic carbocycles. The minimum atomic E-state index is -0.416. The molecule has 24 heavy (non-hydrogen) atoms. The number of rotatable bonds is 3. The molecule has 1 aliphatic heterocycles. The molecule has 1 aliphatic rings. The number of ether oxygens (including phenoxy) is 1. The van der Waals surface area contributed by atoms with Crippen LogP contribution < -0.4 is 15.8 Å². The number of hydrogen-bond acceptors (Lipinski definition) is 5. The Kier molecular flexibility index (Phi) is 5.02. The summed E-state index contributed by atoms with van der Waals surface area (Å²) < 4.78 is 5.30. The van der Waals surface area contributed by atoms with E-state index in [-0.39, 0.29) is 5.91 Å². The van der Waals surface area contributed by atoms with Gasteiger partial charge in [-0.3, -0.25) is 20.4 Å². The van der Waals surface area contributed by atoms with Gasteiger partial charge in [0.25, 0.3) is 11.8 Å². The van der Waals surface area contributed by atoms with E-state index in [9.17, 15) is 9.59 Å². The smallest absolute Gasteiger partial charge is 0.271 e. The van der Waals surface area contributed by atoms with Crippen LogP contribution in [0.2, 0.25) is 0 Å². The number of pyridine rings is 1. The van der Waals surface area contributed by atoms with Gasteiger partial charge in [0.1, 0.15) is 5.82 Å². The molecule has 2 N–H and O–H groups in total. The lowest BCUT2D eigenvalue weighted by atomic mass is 10.2. The van der Waals surface area contributed by atoms with Crippen molar-refractivity contribution in [3.05, 3.63) is 59.8 Å². The number of aromatic nitrogens is 1. The van der Waals surface area contributed by atoms with E-state index in [1.165, 1.54) is 6.20 Å². The van der Waals surface area contributed by atoms with E-state index in [4.69, 9.17) is 4.74 Å². The van der Waals surface area contributed by atoms with Crippen molar-refractivity contribution in [2.45, 2.75) is 0 Å². The first-order valence-electron chi connectivity index (χ1n) is 7.68. The fourth-order valence-electron chi connectivity index (χ4n) is 2.35. The maximum atomic E-state index is 12.1. The standard InChI is InChI=1S/C17H18N4O3/c22-16(13-4-2-1-3-5-13)19-20-17(23)14-6-7-15(18-12-14)21-8-10-24-11-9-21/h1-7,12H,8-11H2,(H,19,22)(H,20,23). The third-order valence-electron chi connectivity index (χ3n) is 3.67. The van der Waals surface area contributed by atoms with Gasteiger partial charge in [-0.25, -0.2) is 4.98 Å². The van der Waals surface area contributed by atoms with Crippen LogP contribution in [0.5, 0.6) is 0 Å². The molecule has 1 aromatic carbocycles. The molecule has 2 amide bonds. The molecule has 0 radical (unpaired) electrons. The zero-order valence-corrected chi connectivity index (χ0v) is 13.1. The van der Waals surface area contributed by atoms with E-state index in [1.807, 2.05) is 6.07 Å². The van der Waals surface area contributed by atoms with E-state index in [2.05, 4.69) is 20.7 Å². The molecule has 0 saturated carbocycles. The normalized spacial score (nSPS) is 14.1. The van der Waals surface area contributed by atoms with Gasteiger partial charge in [-0.2, -0.15) is 0 Å². The zero-order chi connectivity index (χ0) is 16.8. The predicted molar refractivity (Wildman–Crippen MR) is 88.6 cm³/mol. The summed E-state index contributed by atoms with van der Waals surface area (Å²) in [5.74, 6) is 0.0188. The third-order valence-corrected chi connectivity index (χ3v) is 3.67. The Morgan fingerprint density at radius 2 is 1.58 bits per heavy atom. The van der Waals surface area contributed by atoms with Gasteiger partial charge in [0.2, 0.25) is 0 Å². The lowest BCUT2D eigenvalue weighted by Gasteiger charge is -2.27. The highest BCUT2D eigenvalue weighted by atomic mass is 16.5. The minimum absolute atomic E-state index is 0.373. The van der Waals surface area contributed by atoms with Crippen LogP contribution >= 0.6 is 0 Å². The number of nitrogens with zero attached hydrogens (tertiary/aromatic N) is 2. The summed E-state index contributed by atoms with van der Waals surface area (Å²) in [6, 6.07) is 12.1. The molecule has 7 heteroatoms. The van der Waals surface area contributed by atoms with Crippen molar-refractivity contribution in [2.24, 2.45) is 0 Å².